The predicted octanol–water partition coefficient (Wildman–Crippen LogP) is 3.58. The van der Waals surface area contributed by atoms with Crippen LogP contribution in [0.4, 0.5) is 5.82 Å². The lowest BCUT2D eigenvalue weighted by molar-refractivity contribution is 0.529. The Hall–Kier alpha value is -0.610. The third-order valence-electron chi connectivity index (χ3n) is 3.20. The number of nitrogens with zero attached hydrogens (tertiary/aromatic N) is 4. The highest BCUT2D eigenvalue weighted by Crippen LogP contribution is 2.31. The third-order valence-corrected chi connectivity index (χ3v) is 3.61. The van der Waals surface area contributed by atoms with Crippen LogP contribution in [0.2, 0.25) is 10.4 Å². The minimum Gasteiger partial charge on any atom is -0.351 e. The maximum absolute atomic E-state index is 6.12. The van der Waals surface area contributed by atoms with Crippen molar-refractivity contribution in [1.82, 2.24) is 15.2 Å². The molecule has 1 aromatic heterocycles. The highest BCUT2D eigenvalue weighted by Gasteiger charge is 2.26. The minimum atomic E-state index is 0.154. The fourth-order valence-corrected chi connectivity index (χ4v) is 2.79. The highest BCUT2D eigenvalue weighted by molar-refractivity contribution is 6.32. The lowest BCUT2D eigenvalue weighted by atomic mass is 10.1. The van der Waals surface area contributed by atoms with E-state index < -0.39 is 0 Å². The first-order valence-corrected chi connectivity index (χ1v) is 7.16. The Morgan fingerprint density at radius 3 is 2.50 bits per heavy atom. The molecule has 100 valence electrons. The highest BCUT2D eigenvalue weighted by atomic mass is 35.5. The first kappa shape index (κ1) is 13.8. The third kappa shape index (κ3) is 3.23. The summed E-state index contributed by atoms with van der Waals surface area (Å²) in [4.78, 5) is 6.51. The lowest BCUT2D eigenvalue weighted by Gasteiger charge is -2.31. The van der Waals surface area contributed by atoms with Crippen LogP contribution in [-0.4, -0.2) is 27.8 Å². The second kappa shape index (κ2) is 6.02. The molecular weight excluding hydrogens is 271 g/mol. The largest absolute Gasteiger partial charge is 0.351 e. The van der Waals surface area contributed by atoms with Gasteiger partial charge in [-0.05, 0) is 30.4 Å². The number of aromatic nitrogens is 3. The second-order valence-corrected chi connectivity index (χ2v) is 5.88. The number of hydrogen-bond acceptors (Lipinski definition) is 4. The number of rotatable bonds is 4. The average Bonchev–Trinajstić information content (AvgIpc) is 2.82. The van der Waals surface area contributed by atoms with Crippen LogP contribution in [-0.2, 0) is 0 Å². The van der Waals surface area contributed by atoms with Crippen molar-refractivity contribution in [3.63, 3.8) is 0 Å². The van der Waals surface area contributed by atoms with Crippen LogP contribution in [0.1, 0.15) is 39.5 Å². The van der Waals surface area contributed by atoms with Crippen LogP contribution < -0.4 is 4.90 Å². The Labute approximate surface area is 118 Å². The van der Waals surface area contributed by atoms with Crippen LogP contribution in [0.5, 0.6) is 0 Å². The van der Waals surface area contributed by atoms with Crippen molar-refractivity contribution < 1.29 is 0 Å². The summed E-state index contributed by atoms with van der Waals surface area (Å²) >= 11 is 12.0. The van der Waals surface area contributed by atoms with Gasteiger partial charge in [0.05, 0.1) is 0 Å². The van der Waals surface area contributed by atoms with Crippen molar-refractivity contribution in [2.45, 2.75) is 45.6 Å². The molecule has 0 aromatic carbocycles. The van der Waals surface area contributed by atoms with Gasteiger partial charge in [0.1, 0.15) is 0 Å². The number of anilines is 1. The van der Waals surface area contributed by atoms with Gasteiger partial charge in [0.2, 0.25) is 5.28 Å². The standard InChI is InChI=1S/C12H18Cl2N4/c1-8(2)7-18(9-5-3-4-6-9)11-10(13)16-17-12(14)15-11/h8-9H,3-7H2,1-2H3. The molecule has 0 spiro atoms. The molecular formula is C12H18Cl2N4. The van der Waals surface area contributed by atoms with Gasteiger partial charge >= 0.3 is 0 Å². The van der Waals surface area contributed by atoms with Crippen molar-refractivity contribution >= 4 is 29.0 Å². The van der Waals surface area contributed by atoms with Crippen LogP contribution in [0.15, 0.2) is 0 Å². The molecule has 0 atom stereocenters. The maximum Gasteiger partial charge on any atom is 0.245 e. The summed E-state index contributed by atoms with van der Waals surface area (Å²) in [6.45, 7) is 5.29. The lowest BCUT2D eigenvalue weighted by Crippen LogP contribution is -2.37. The zero-order valence-electron chi connectivity index (χ0n) is 10.7. The van der Waals surface area contributed by atoms with E-state index in [2.05, 4.69) is 33.9 Å². The van der Waals surface area contributed by atoms with E-state index in [-0.39, 0.29) is 5.28 Å². The Kier molecular flexibility index (Phi) is 4.62. The molecule has 1 heterocycles. The van der Waals surface area contributed by atoms with Gasteiger partial charge in [-0.3, -0.25) is 0 Å². The molecule has 2 rings (SSSR count). The molecule has 0 radical (unpaired) electrons. The van der Waals surface area contributed by atoms with Crippen LogP contribution in [0.3, 0.4) is 0 Å². The molecule has 1 aromatic rings. The zero-order valence-corrected chi connectivity index (χ0v) is 12.2. The Balaban J connectivity index is 2.29. The molecule has 6 heteroatoms. The Bertz CT molecular complexity index is 405. The van der Waals surface area contributed by atoms with Crippen molar-refractivity contribution in [3.05, 3.63) is 10.4 Å². The normalized spacial score (nSPS) is 16.5. The summed E-state index contributed by atoms with van der Waals surface area (Å²) < 4.78 is 0. The molecule has 0 aliphatic heterocycles. The fraction of sp³-hybridized carbons (Fsp3) is 0.750. The predicted molar refractivity (Wildman–Crippen MR) is 74.3 cm³/mol. The van der Waals surface area contributed by atoms with E-state index >= 15 is 0 Å². The van der Waals surface area contributed by atoms with Crippen LogP contribution in [0, 0.1) is 5.92 Å². The minimum absolute atomic E-state index is 0.154. The summed E-state index contributed by atoms with van der Waals surface area (Å²) in [7, 11) is 0. The second-order valence-electron chi connectivity index (χ2n) is 5.18. The molecule has 1 saturated carbocycles. The summed E-state index contributed by atoms with van der Waals surface area (Å²) in [5.74, 6) is 1.22. The van der Waals surface area contributed by atoms with Crippen molar-refractivity contribution in [3.8, 4) is 0 Å². The molecule has 18 heavy (non-hydrogen) atoms. The van der Waals surface area contributed by atoms with E-state index in [1.54, 1.807) is 0 Å². The molecule has 1 aliphatic carbocycles. The van der Waals surface area contributed by atoms with Crippen molar-refractivity contribution in [2.24, 2.45) is 5.92 Å². The summed E-state index contributed by atoms with van der Waals surface area (Å²) in [6.07, 6.45) is 4.90. The maximum atomic E-state index is 6.12. The molecule has 0 unspecified atom stereocenters. The summed E-state index contributed by atoms with van der Waals surface area (Å²) in [6, 6.07) is 0.498. The number of halogens is 2. The van der Waals surface area contributed by atoms with Gasteiger partial charge < -0.3 is 4.90 Å². The van der Waals surface area contributed by atoms with Crippen molar-refractivity contribution in [2.75, 3.05) is 11.4 Å². The Morgan fingerprint density at radius 1 is 1.22 bits per heavy atom. The molecule has 1 fully saturated rings. The molecule has 0 N–H and O–H groups in total. The molecule has 1 aliphatic rings. The summed E-state index contributed by atoms with van der Waals surface area (Å²) in [5, 5.41) is 8.02. The quantitative estimate of drug-likeness (QED) is 0.849. The van der Waals surface area contributed by atoms with E-state index in [0.717, 1.165) is 6.54 Å². The van der Waals surface area contributed by atoms with Crippen LogP contribution >= 0.6 is 23.2 Å². The molecule has 0 amide bonds. The van der Waals surface area contributed by atoms with E-state index in [4.69, 9.17) is 23.2 Å². The first-order chi connectivity index (χ1) is 8.58. The Morgan fingerprint density at radius 2 is 1.89 bits per heavy atom. The molecule has 0 saturated heterocycles. The van der Waals surface area contributed by atoms with Gasteiger partial charge in [0.15, 0.2) is 11.0 Å². The molecule has 4 nitrogen and oxygen atoms in total. The first-order valence-electron chi connectivity index (χ1n) is 6.40. The van der Waals surface area contributed by atoms with Gasteiger partial charge in [0.25, 0.3) is 0 Å². The molecule has 0 bridgehead atoms. The summed E-state index contributed by atoms with van der Waals surface area (Å²) in [5.41, 5.74) is 0. The fourth-order valence-electron chi connectivity index (χ4n) is 2.49. The van der Waals surface area contributed by atoms with Crippen molar-refractivity contribution in [1.29, 1.82) is 0 Å². The van der Waals surface area contributed by atoms with Gasteiger partial charge in [-0.25, -0.2) is 0 Å². The van der Waals surface area contributed by atoms with Gasteiger partial charge in [-0.15, -0.1) is 10.2 Å². The average molecular weight is 289 g/mol. The zero-order chi connectivity index (χ0) is 13.1. The van der Waals surface area contributed by atoms with Gasteiger partial charge in [-0.2, -0.15) is 4.98 Å². The van der Waals surface area contributed by atoms with E-state index in [1.165, 1.54) is 25.7 Å². The van der Waals surface area contributed by atoms with E-state index in [0.29, 0.717) is 22.9 Å². The van der Waals surface area contributed by atoms with E-state index in [1.807, 2.05) is 0 Å². The van der Waals surface area contributed by atoms with Gasteiger partial charge in [-0.1, -0.05) is 38.3 Å². The topological polar surface area (TPSA) is 41.9 Å². The van der Waals surface area contributed by atoms with Gasteiger partial charge in [0, 0.05) is 12.6 Å². The monoisotopic (exact) mass is 288 g/mol. The van der Waals surface area contributed by atoms with Crippen LogP contribution in [0.25, 0.3) is 0 Å². The SMILES string of the molecule is CC(C)CN(c1nc(Cl)nnc1Cl)C1CCCC1. The number of hydrogen-bond donors (Lipinski definition) is 0. The van der Waals surface area contributed by atoms with E-state index in [9.17, 15) is 0 Å². The smallest absolute Gasteiger partial charge is 0.245 e.